The number of hydrogen-bond donors (Lipinski definition) is 1. The summed E-state index contributed by atoms with van der Waals surface area (Å²) in [5, 5.41) is 9.03. The van der Waals surface area contributed by atoms with Gasteiger partial charge in [-0.25, -0.2) is 4.98 Å². The first-order valence-electron chi connectivity index (χ1n) is 6.92. The molecule has 1 aromatic carbocycles. The van der Waals surface area contributed by atoms with E-state index in [0.29, 0.717) is 0 Å². The Morgan fingerprint density at radius 2 is 2.10 bits per heavy atom. The fourth-order valence-corrected chi connectivity index (χ4v) is 3.15. The van der Waals surface area contributed by atoms with Gasteiger partial charge in [0.05, 0.1) is 5.69 Å². The van der Waals surface area contributed by atoms with E-state index in [1.807, 2.05) is 12.3 Å². The van der Waals surface area contributed by atoms with Crippen LogP contribution >= 0.6 is 11.3 Å². The number of thiazole rings is 1. The van der Waals surface area contributed by atoms with E-state index >= 15 is 0 Å². The third-order valence-electron chi connectivity index (χ3n) is 3.58. The summed E-state index contributed by atoms with van der Waals surface area (Å²) in [7, 11) is 0. The molecule has 3 nitrogen and oxygen atoms in total. The minimum absolute atomic E-state index is 0.718. The third kappa shape index (κ3) is 2.32. The van der Waals surface area contributed by atoms with Gasteiger partial charge in [0.1, 0.15) is 10.7 Å². The second kappa shape index (κ2) is 4.96. The Labute approximate surface area is 121 Å². The minimum atomic E-state index is 0.718. The lowest BCUT2D eigenvalue weighted by molar-refractivity contribution is 0.678. The molecule has 0 atom stereocenters. The molecule has 0 amide bonds. The van der Waals surface area contributed by atoms with Gasteiger partial charge >= 0.3 is 0 Å². The monoisotopic (exact) mass is 281 g/mol. The molecule has 1 fully saturated rings. The number of pyridine rings is 1. The first-order chi connectivity index (χ1) is 9.90. The second-order valence-corrected chi connectivity index (χ2v) is 6.04. The lowest BCUT2D eigenvalue weighted by atomic mass is 10.1. The van der Waals surface area contributed by atoms with Crippen molar-refractivity contribution in [2.24, 2.45) is 0 Å². The zero-order valence-electron chi connectivity index (χ0n) is 11.0. The molecule has 20 heavy (non-hydrogen) atoms. The van der Waals surface area contributed by atoms with Crippen molar-refractivity contribution in [2.45, 2.75) is 25.4 Å². The number of nitrogens with zero attached hydrogens (tertiary/aromatic N) is 2. The van der Waals surface area contributed by atoms with Crippen molar-refractivity contribution in [3.8, 4) is 10.7 Å². The van der Waals surface area contributed by atoms with E-state index in [2.05, 4.69) is 39.9 Å². The van der Waals surface area contributed by atoms with E-state index in [4.69, 9.17) is 4.98 Å². The van der Waals surface area contributed by atoms with Crippen LogP contribution in [-0.4, -0.2) is 16.0 Å². The Hall–Kier alpha value is -1.78. The summed E-state index contributed by atoms with van der Waals surface area (Å²) in [6, 6.07) is 11.1. The number of nitrogens with one attached hydrogen (secondary N) is 1. The SMILES string of the molecule is c1ccc2c(-c3nc(CNC4CC4)cs3)nccc2c1. The van der Waals surface area contributed by atoms with Crippen LogP contribution in [-0.2, 0) is 6.54 Å². The molecule has 1 aliphatic rings. The van der Waals surface area contributed by atoms with E-state index in [1.54, 1.807) is 11.3 Å². The van der Waals surface area contributed by atoms with Crippen molar-refractivity contribution in [2.75, 3.05) is 0 Å². The normalized spacial score (nSPS) is 14.8. The van der Waals surface area contributed by atoms with Crippen molar-refractivity contribution in [3.05, 3.63) is 47.6 Å². The maximum atomic E-state index is 4.72. The van der Waals surface area contributed by atoms with Crippen LogP contribution in [0.15, 0.2) is 41.9 Å². The summed E-state index contributed by atoms with van der Waals surface area (Å²) in [6.07, 6.45) is 4.48. The van der Waals surface area contributed by atoms with E-state index in [1.165, 1.54) is 23.6 Å². The third-order valence-corrected chi connectivity index (χ3v) is 4.47. The summed E-state index contributed by atoms with van der Waals surface area (Å²) >= 11 is 1.68. The van der Waals surface area contributed by atoms with Crippen LogP contribution in [0.5, 0.6) is 0 Å². The van der Waals surface area contributed by atoms with Gasteiger partial charge < -0.3 is 5.32 Å². The van der Waals surface area contributed by atoms with Gasteiger partial charge in [0, 0.05) is 29.5 Å². The van der Waals surface area contributed by atoms with Crippen LogP contribution in [0.3, 0.4) is 0 Å². The lowest BCUT2D eigenvalue weighted by Gasteiger charge is -2.02. The number of aromatic nitrogens is 2. The fourth-order valence-electron chi connectivity index (χ4n) is 2.32. The van der Waals surface area contributed by atoms with Gasteiger partial charge in [0.2, 0.25) is 0 Å². The predicted molar refractivity (Wildman–Crippen MR) is 82.7 cm³/mol. The molecular formula is C16H15N3S. The Kier molecular flexibility index (Phi) is 2.98. The molecule has 2 heterocycles. The zero-order chi connectivity index (χ0) is 13.4. The predicted octanol–water partition coefficient (Wildman–Crippen LogP) is 3.61. The molecule has 100 valence electrons. The highest BCUT2D eigenvalue weighted by Crippen LogP contribution is 2.29. The molecule has 0 spiro atoms. The van der Waals surface area contributed by atoms with Crippen LogP contribution in [0.4, 0.5) is 0 Å². The fraction of sp³-hybridized carbons (Fsp3) is 0.250. The molecule has 0 radical (unpaired) electrons. The van der Waals surface area contributed by atoms with Gasteiger partial charge in [0.15, 0.2) is 0 Å². The molecule has 0 aliphatic heterocycles. The Morgan fingerprint density at radius 3 is 3.00 bits per heavy atom. The topological polar surface area (TPSA) is 37.8 Å². The molecule has 0 bridgehead atoms. The van der Waals surface area contributed by atoms with Gasteiger partial charge in [-0.05, 0) is 24.3 Å². The molecular weight excluding hydrogens is 266 g/mol. The molecule has 0 unspecified atom stereocenters. The van der Waals surface area contributed by atoms with Crippen LogP contribution < -0.4 is 5.32 Å². The van der Waals surface area contributed by atoms with E-state index < -0.39 is 0 Å². The van der Waals surface area contributed by atoms with Crippen molar-refractivity contribution in [1.29, 1.82) is 0 Å². The van der Waals surface area contributed by atoms with Crippen LogP contribution in [0.2, 0.25) is 0 Å². The highest BCUT2D eigenvalue weighted by atomic mass is 32.1. The molecule has 4 rings (SSSR count). The standard InChI is InChI=1S/C16H15N3S/c1-2-4-14-11(3-1)7-8-17-15(14)16-19-13(10-20-16)9-18-12-5-6-12/h1-4,7-8,10,12,18H,5-6,9H2. The summed E-state index contributed by atoms with van der Waals surface area (Å²) in [5.74, 6) is 0. The van der Waals surface area contributed by atoms with Crippen LogP contribution in [0.25, 0.3) is 21.5 Å². The maximum Gasteiger partial charge on any atom is 0.142 e. The molecule has 1 N–H and O–H groups in total. The van der Waals surface area contributed by atoms with Crippen LogP contribution in [0, 0.1) is 0 Å². The Balaban J connectivity index is 1.67. The van der Waals surface area contributed by atoms with Gasteiger partial charge in [-0.3, -0.25) is 4.98 Å². The number of rotatable bonds is 4. The second-order valence-electron chi connectivity index (χ2n) is 5.18. The smallest absolute Gasteiger partial charge is 0.142 e. The van der Waals surface area contributed by atoms with E-state index in [9.17, 15) is 0 Å². The van der Waals surface area contributed by atoms with Gasteiger partial charge in [-0.1, -0.05) is 24.3 Å². The Morgan fingerprint density at radius 1 is 1.20 bits per heavy atom. The summed E-state index contributed by atoms with van der Waals surface area (Å²) in [5.41, 5.74) is 2.11. The largest absolute Gasteiger partial charge is 0.308 e. The average molecular weight is 281 g/mol. The van der Waals surface area contributed by atoms with Crippen molar-refractivity contribution >= 4 is 22.1 Å². The first-order valence-corrected chi connectivity index (χ1v) is 7.80. The van der Waals surface area contributed by atoms with Gasteiger partial charge in [-0.15, -0.1) is 11.3 Å². The lowest BCUT2D eigenvalue weighted by Crippen LogP contribution is -2.15. The highest BCUT2D eigenvalue weighted by Gasteiger charge is 2.20. The number of benzene rings is 1. The van der Waals surface area contributed by atoms with E-state index in [-0.39, 0.29) is 0 Å². The summed E-state index contributed by atoms with van der Waals surface area (Å²) in [4.78, 5) is 9.25. The summed E-state index contributed by atoms with van der Waals surface area (Å²) in [6.45, 7) is 0.867. The number of fused-ring (bicyclic) bond motifs is 1. The molecule has 1 saturated carbocycles. The quantitative estimate of drug-likeness (QED) is 0.794. The summed E-state index contributed by atoms with van der Waals surface area (Å²) < 4.78 is 0. The highest BCUT2D eigenvalue weighted by molar-refractivity contribution is 7.13. The first kappa shape index (κ1) is 12.0. The zero-order valence-corrected chi connectivity index (χ0v) is 11.9. The minimum Gasteiger partial charge on any atom is -0.308 e. The molecule has 2 aromatic heterocycles. The number of hydrogen-bond acceptors (Lipinski definition) is 4. The van der Waals surface area contributed by atoms with Crippen LogP contribution in [0.1, 0.15) is 18.5 Å². The molecule has 4 heteroatoms. The molecule has 3 aromatic rings. The average Bonchev–Trinajstić information content (AvgIpc) is 3.21. The van der Waals surface area contributed by atoms with Crippen molar-refractivity contribution < 1.29 is 0 Å². The molecule has 1 aliphatic carbocycles. The van der Waals surface area contributed by atoms with Crippen molar-refractivity contribution in [1.82, 2.24) is 15.3 Å². The van der Waals surface area contributed by atoms with Gasteiger partial charge in [0.25, 0.3) is 0 Å². The van der Waals surface area contributed by atoms with E-state index in [0.717, 1.165) is 29.0 Å². The van der Waals surface area contributed by atoms with Gasteiger partial charge in [-0.2, -0.15) is 0 Å². The Bertz CT molecular complexity index is 741. The van der Waals surface area contributed by atoms with Crippen molar-refractivity contribution in [3.63, 3.8) is 0 Å². The molecule has 0 saturated heterocycles. The maximum absolute atomic E-state index is 4.72.